The molecule has 130 valence electrons. The second-order valence-corrected chi connectivity index (χ2v) is 6.42. The number of ether oxygens (including phenoxy) is 3. The lowest BCUT2D eigenvalue weighted by Crippen LogP contribution is -2.48. The molecule has 0 aromatic rings. The number of hydrogen-bond acceptors (Lipinski definition) is 6. The molecule has 1 aliphatic rings. The van der Waals surface area contributed by atoms with Gasteiger partial charge < -0.3 is 14.2 Å². The van der Waals surface area contributed by atoms with E-state index in [0.29, 0.717) is 6.42 Å². The van der Waals surface area contributed by atoms with E-state index in [2.05, 4.69) is 0 Å². The second kappa shape index (κ2) is 7.99. The van der Waals surface area contributed by atoms with Crippen molar-refractivity contribution in [2.24, 2.45) is 5.92 Å². The van der Waals surface area contributed by atoms with Gasteiger partial charge in [-0.05, 0) is 33.1 Å². The predicted molar refractivity (Wildman–Crippen MR) is 82.4 cm³/mol. The number of carbonyl (C=O) groups is 3. The van der Waals surface area contributed by atoms with E-state index in [0.717, 1.165) is 0 Å². The largest absolute Gasteiger partial charge is 0.469 e. The van der Waals surface area contributed by atoms with Crippen LogP contribution in [0.15, 0.2) is 12.3 Å². The van der Waals surface area contributed by atoms with E-state index in [4.69, 9.17) is 14.2 Å². The van der Waals surface area contributed by atoms with E-state index in [9.17, 15) is 14.4 Å². The molecule has 0 aromatic carbocycles. The number of amides is 1. The molecule has 2 atom stereocenters. The van der Waals surface area contributed by atoms with Gasteiger partial charge in [-0.2, -0.15) is 0 Å². The highest BCUT2D eigenvalue weighted by molar-refractivity contribution is 5.72. The van der Waals surface area contributed by atoms with Gasteiger partial charge in [0, 0.05) is 13.1 Å². The number of allylic oxidation sites excluding steroid dienone is 1. The standard InChI is InChI=1S/C16H25NO6/c1-11(18)22-10-13-12(9-14(19)21-5)7-6-8-17(13)15(20)23-16(2,3)4/h6,8,12-13H,7,9-10H2,1-5H3/t12-,13-/m1/s1. The first-order chi connectivity index (χ1) is 10.6. The zero-order valence-electron chi connectivity index (χ0n) is 14.3. The van der Waals surface area contributed by atoms with Crippen LogP contribution in [0.1, 0.15) is 40.5 Å². The minimum Gasteiger partial charge on any atom is -0.469 e. The highest BCUT2D eigenvalue weighted by atomic mass is 16.6. The van der Waals surface area contributed by atoms with Crippen molar-refractivity contribution in [1.82, 2.24) is 4.90 Å². The van der Waals surface area contributed by atoms with Crippen molar-refractivity contribution in [2.75, 3.05) is 13.7 Å². The van der Waals surface area contributed by atoms with Crippen LogP contribution >= 0.6 is 0 Å². The smallest absolute Gasteiger partial charge is 0.414 e. The fourth-order valence-electron chi connectivity index (χ4n) is 2.29. The number of hydrogen-bond donors (Lipinski definition) is 0. The van der Waals surface area contributed by atoms with Crippen LogP contribution in [-0.4, -0.2) is 48.3 Å². The molecule has 0 spiro atoms. The summed E-state index contributed by atoms with van der Waals surface area (Å²) in [5.41, 5.74) is -0.647. The molecule has 7 nitrogen and oxygen atoms in total. The zero-order valence-corrected chi connectivity index (χ0v) is 14.3. The average Bonchev–Trinajstić information content (AvgIpc) is 2.43. The molecule has 1 amide bonds. The number of methoxy groups -OCH3 is 1. The number of nitrogens with zero attached hydrogens (tertiary/aromatic N) is 1. The maximum absolute atomic E-state index is 12.4. The van der Waals surface area contributed by atoms with E-state index in [1.807, 2.05) is 0 Å². The van der Waals surface area contributed by atoms with Crippen LogP contribution < -0.4 is 0 Å². The van der Waals surface area contributed by atoms with Crippen molar-refractivity contribution in [1.29, 1.82) is 0 Å². The Kier molecular flexibility index (Phi) is 6.60. The van der Waals surface area contributed by atoms with E-state index < -0.39 is 23.7 Å². The van der Waals surface area contributed by atoms with E-state index >= 15 is 0 Å². The summed E-state index contributed by atoms with van der Waals surface area (Å²) >= 11 is 0. The Hall–Kier alpha value is -2.05. The molecule has 0 saturated heterocycles. The molecule has 0 radical (unpaired) electrons. The van der Waals surface area contributed by atoms with Gasteiger partial charge in [0.05, 0.1) is 19.6 Å². The van der Waals surface area contributed by atoms with Crippen LogP contribution in [0, 0.1) is 5.92 Å². The topological polar surface area (TPSA) is 82.1 Å². The Labute approximate surface area is 136 Å². The van der Waals surface area contributed by atoms with Gasteiger partial charge >= 0.3 is 18.0 Å². The van der Waals surface area contributed by atoms with Crippen LogP contribution in [0.25, 0.3) is 0 Å². The highest BCUT2D eigenvalue weighted by Gasteiger charge is 2.36. The maximum Gasteiger partial charge on any atom is 0.414 e. The van der Waals surface area contributed by atoms with Gasteiger partial charge in [-0.3, -0.25) is 14.5 Å². The normalized spacial score (nSPS) is 20.8. The van der Waals surface area contributed by atoms with Crippen LogP contribution in [-0.2, 0) is 23.8 Å². The first-order valence-corrected chi connectivity index (χ1v) is 7.52. The molecular weight excluding hydrogens is 302 g/mol. The molecular formula is C16H25NO6. The Morgan fingerprint density at radius 2 is 1.91 bits per heavy atom. The summed E-state index contributed by atoms with van der Waals surface area (Å²) in [6, 6.07) is -0.474. The minimum absolute atomic E-state index is 0.000573. The van der Waals surface area contributed by atoms with Gasteiger partial charge in [-0.15, -0.1) is 0 Å². The first kappa shape index (κ1) is 19.0. The Balaban J connectivity index is 2.92. The highest BCUT2D eigenvalue weighted by Crippen LogP contribution is 2.27. The van der Waals surface area contributed by atoms with Crippen LogP contribution in [0.5, 0.6) is 0 Å². The second-order valence-electron chi connectivity index (χ2n) is 6.42. The maximum atomic E-state index is 12.4. The molecule has 1 rings (SSSR count). The van der Waals surface area contributed by atoms with Crippen LogP contribution in [0.2, 0.25) is 0 Å². The molecule has 0 saturated carbocycles. The van der Waals surface area contributed by atoms with Gasteiger partial charge in [-0.1, -0.05) is 6.08 Å². The molecule has 0 bridgehead atoms. The molecule has 1 heterocycles. The summed E-state index contributed by atoms with van der Waals surface area (Å²) in [5, 5.41) is 0. The van der Waals surface area contributed by atoms with Gasteiger partial charge in [0.1, 0.15) is 12.2 Å². The van der Waals surface area contributed by atoms with E-state index in [1.54, 1.807) is 33.0 Å². The Morgan fingerprint density at radius 1 is 1.26 bits per heavy atom. The van der Waals surface area contributed by atoms with Crippen molar-refractivity contribution in [2.45, 2.75) is 52.2 Å². The number of esters is 2. The number of carbonyl (C=O) groups excluding carboxylic acids is 3. The molecule has 0 N–H and O–H groups in total. The predicted octanol–water partition coefficient (Wildman–Crippen LogP) is 2.25. The Morgan fingerprint density at radius 3 is 2.43 bits per heavy atom. The SMILES string of the molecule is COC(=O)C[C@H]1CC=CN(C(=O)OC(C)(C)C)[C@@H]1COC(C)=O. The fraction of sp³-hybridized carbons (Fsp3) is 0.688. The molecule has 7 heteroatoms. The van der Waals surface area contributed by atoms with Crippen molar-refractivity contribution in [3.05, 3.63) is 12.3 Å². The van der Waals surface area contributed by atoms with Gasteiger partial charge in [0.2, 0.25) is 0 Å². The summed E-state index contributed by atoms with van der Waals surface area (Å²) < 4.78 is 15.1. The van der Waals surface area contributed by atoms with Gasteiger partial charge in [0.25, 0.3) is 0 Å². The van der Waals surface area contributed by atoms with Crippen molar-refractivity contribution >= 4 is 18.0 Å². The Bertz CT molecular complexity index is 479. The molecule has 0 aliphatic carbocycles. The quantitative estimate of drug-likeness (QED) is 0.582. The van der Waals surface area contributed by atoms with Crippen molar-refractivity contribution < 1.29 is 28.6 Å². The van der Waals surface area contributed by atoms with E-state index in [-0.39, 0.29) is 24.9 Å². The lowest BCUT2D eigenvalue weighted by Gasteiger charge is -2.37. The van der Waals surface area contributed by atoms with E-state index in [1.165, 1.54) is 18.9 Å². The van der Waals surface area contributed by atoms with Crippen molar-refractivity contribution in [3.8, 4) is 0 Å². The molecule has 0 unspecified atom stereocenters. The van der Waals surface area contributed by atoms with Crippen LogP contribution in [0.3, 0.4) is 0 Å². The summed E-state index contributed by atoms with van der Waals surface area (Å²) in [6.07, 6.45) is 3.57. The summed E-state index contributed by atoms with van der Waals surface area (Å²) in [5.74, 6) is -1.03. The molecule has 1 aliphatic heterocycles. The third kappa shape index (κ3) is 6.30. The van der Waals surface area contributed by atoms with Crippen molar-refractivity contribution in [3.63, 3.8) is 0 Å². The van der Waals surface area contributed by atoms with Gasteiger partial charge in [0.15, 0.2) is 0 Å². The summed E-state index contributed by atoms with van der Waals surface area (Å²) in [4.78, 5) is 36.4. The molecule has 23 heavy (non-hydrogen) atoms. The fourth-order valence-corrected chi connectivity index (χ4v) is 2.29. The first-order valence-electron chi connectivity index (χ1n) is 7.52. The summed E-state index contributed by atoms with van der Waals surface area (Å²) in [7, 11) is 1.31. The summed E-state index contributed by atoms with van der Waals surface area (Å²) in [6.45, 7) is 6.61. The average molecular weight is 327 g/mol. The molecule has 0 aromatic heterocycles. The zero-order chi connectivity index (χ0) is 17.6. The molecule has 0 fully saturated rings. The van der Waals surface area contributed by atoms with Crippen LogP contribution in [0.4, 0.5) is 4.79 Å². The monoisotopic (exact) mass is 327 g/mol. The third-order valence-electron chi connectivity index (χ3n) is 3.32. The van der Waals surface area contributed by atoms with Gasteiger partial charge in [-0.25, -0.2) is 4.79 Å². The number of rotatable bonds is 4. The lowest BCUT2D eigenvalue weighted by atomic mass is 9.90. The lowest BCUT2D eigenvalue weighted by molar-refractivity contribution is -0.144. The minimum atomic E-state index is -0.647. The third-order valence-corrected chi connectivity index (χ3v) is 3.32.